The second-order valence-corrected chi connectivity index (χ2v) is 7.08. The Labute approximate surface area is 169 Å². The van der Waals surface area contributed by atoms with Crippen molar-refractivity contribution in [2.75, 3.05) is 26.2 Å². The first kappa shape index (κ1) is 24.5. The van der Waals surface area contributed by atoms with Crippen LogP contribution in [-0.4, -0.2) is 43.4 Å². The summed E-state index contributed by atoms with van der Waals surface area (Å²) >= 11 is 0. The van der Waals surface area contributed by atoms with E-state index in [-0.39, 0.29) is 43.1 Å². The molecule has 9 heteroatoms. The molecule has 160 valence electrons. The van der Waals surface area contributed by atoms with Gasteiger partial charge in [0.25, 0.3) is 0 Å². The van der Waals surface area contributed by atoms with Crippen molar-refractivity contribution in [3.8, 4) is 5.75 Å². The van der Waals surface area contributed by atoms with E-state index in [9.17, 15) is 23.1 Å². The fourth-order valence-electron chi connectivity index (χ4n) is 3.12. The number of amides is 1. The number of carbonyl (C=O) groups excluding carboxylic acids is 1. The molecule has 1 heterocycles. The van der Waals surface area contributed by atoms with Crippen molar-refractivity contribution in [1.29, 1.82) is 0 Å². The van der Waals surface area contributed by atoms with Crippen LogP contribution in [0.25, 0.3) is 0 Å². The van der Waals surface area contributed by atoms with Gasteiger partial charge in [-0.3, -0.25) is 4.79 Å². The minimum absolute atomic E-state index is 0. The number of nitrogens with one attached hydrogen (secondary N) is 2. The van der Waals surface area contributed by atoms with E-state index in [2.05, 4.69) is 17.6 Å². The number of aliphatic hydroxyl groups excluding tert-OH is 1. The third-order valence-corrected chi connectivity index (χ3v) is 4.81. The molecule has 5 nitrogen and oxygen atoms in total. The molecular formula is C19H28ClF3N2O3. The van der Waals surface area contributed by atoms with Crippen LogP contribution in [0.4, 0.5) is 13.2 Å². The number of benzene rings is 1. The lowest BCUT2D eigenvalue weighted by Crippen LogP contribution is -2.38. The van der Waals surface area contributed by atoms with E-state index in [1.807, 2.05) is 0 Å². The van der Waals surface area contributed by atoms with E-state index < -0.39 is 17.8 Å². The summed E-state index contributed by atoms with van der Waals surface area (Å²) in [6, 6.07) is 4.25. The summed E-state index contributed by atoms with van der Waals surface area (Å²) in [5, 5.41) is 15.9. The molecule has 1 fully saturated rings. The summed E-state index contributed by atoms with van der Waals surface area (Å²) in [4.78, 5) is 12.0. The van der Waals surface area contributed by atoms with Crippen LogP contribution >= 0.6 is 12.4 Å². The van der Waals surface area contributed by atoms with E-state index >= 15 is 0 Å². The number of hydrogen-bond acceptors (Lipinski definition) is 4. The minimum Gasteiger partial charge on any atom is -0.491 e. The Morgan fingerprint density at radius 2 is 2.04 bits per heavy atom. The molecule has 0 aromatic heterocycles. The Morgan fingerprint density at radius 3 is 2.61 bits per heavy atom. The zero-order valence-corrected chi connectivity index (χ0v) is 16.6. The van der Waals surface area contributed by atoms with Crippen LogP contribution < -0.4 is 15.4 Å². The highest BCUT2D eigenvalue weighted by atomic mass is 35.5. The van der Waals surface area contributed by atoms with Gasteiger partial charge in [-0.05, 0) is 62.0 Å². The third kappa shape index (κ3) is 8.24. The van der Waals surface area contributed by atoms with Crippen molar-refractivity contribution in [2.45, 2.75) is 38.5 Å². The quantitative estimate of drug-likeness (QED) is 0.600. The molecule has 1 aliphatic rings. The first-order valence-electron chi connectivity index (χ1n) is 9.21. The molecule has 3 N–H and O–H groups in total. The van der Waals surface area contributed by atoms with Crippen LogP contribution in [-0.2, 0) is 11.0 Å². The predicted molar refractivity (Wildman–Crippen MR) is 103 cm³/mol. The Balaban J connectivity index is 0.00000392. The molecule has 0 bridgehead atoms. The van der Waals surface area contributed by atoms with Gasteiger partial charge in [-0.1, -0.05) is 6.92 Å². The molecule has 1 aromatic carbocycles. The molecule has 0 aliphatic carbocycles. The van der Waals surface area contributed by atoms with Gasteiger partial charge in [0.05, 0.1) is 5.56 Å². The number of alkyl halides is 3. The molecule has 0 radical (unpaired) electrons. The fourth-order valence-corrected chi connectivity index (χ4v) is 3.12. The Kier molecular flexibility index (Phi) is 10.1. The number of piperidine rings is 1. The summed E-state index contributed by atoms with van der Waals surface area (Å²) in [6.07, 6.45) is -2.70. The van der Waals surface area contributed by atoms with E-state index in [0.29, 0.717) is 12.3 Å². The average Bonchev–Trinajstić information content (AvgIpc) is 2.65. The largest absolute Gasteiger partial charge is 0.491 e. The SMILES string of the molecule is CC(CC(=O)NCC(O)COc1ccc(C(F)(F)F)cc1)C1CCCNC1.Cl. The highest BCUT2D eigenvalue weighted by Gasteiger charge is 2.30. The van der Waals surface area contributed by atoms with Gasteiger partial charge >= 0.3 is 6.18 Å². The van der Waals surface area contributed by atoms with Crippen molar-refractivity contribution in [1.82, 2.24) is 10.6 Å². The predicted octanol–water partition coefficient (Wildman–Crippen LogP) is 3.01. The number of ether oxygens (including phenoxy) is 1. The highest BCUT2D eigenvalue weighted by molar-refractivity contribution is 5.85. The minimum atomic E-state index is -4.40. The first-order valence-corrected chi connectivity index (χ1v) is 9.21. The Bertz CT molecular complexity index is 593. The molecule has 1 amide bonds. The lowest BCUT2D eigenvalue weighted by atomic mass is 9.85. The van der Waals surface area contributed by atoms with Crippen molar-refractivity contribution < 1.29 is 27.8 Å². The van der Waals surface area contributed by atoms with Crippen LogP contribution in [0.1, 0.15) is 31.7 Å². The zero-order valence-electron chi connectivity index (χ0n) is 15.8. The van der Waals surface area contributed by atoms with E-state index in [1.165, 1.54) is 12.1 Å². The van der Waals surface area contributed by atoms with Gasteiger partial charge in [-0.25, -0.2) is 0 Å². The van der Waals surface area contributed by atoms with Gasteiger partial charge in [0.2, 0.25) is 5.91 Å². The van der Waals surface area contributed by atoms with Gasteiger partial charge in [-0.2, -0.15) is 13.2 Å². The molecule has 3 atom stereocenters. The number of halogens is 4. The highest BCUT2D eigenvalue weighted by Crippen LogP contribution is 2.30. The average molecular weight is 425 g/mol. The second-order valence-electron chi connectivity index (χ2n) is 7.08. The molecule has 1 saturated heterocycles. The van der Waals surface area contributed by atoms with E-state index in [0.717, 1.165) is 38.1 Å². The smallest absolute Gasteiger partial charge is 0.416 e. The van der Waals surface area contributed by atoms with Crippen LogP contribution in [0, 0.1) is 11.8 Å². The van der Waals surface area contributed by atoms with Gasteiger partial charge in [-0.15, -0.1) is 12.4 Å². The van der Waals surface area contributed by atoms with Gasteiger partial charge in [0, 0.05) is 13.0 Å². The lowest BCUT2D eigenvalue weighted by molar-refractivity contribution is -0.137. The molecule has 0 spiro atoms. The zero-order chi connectivity index (χ0) is 19.9. The van der Waals surface area contributed by atoms with Gasteiger partial charge in [0.15, 0.2) is 0 Å². The maximum Gasteiger partial charge on any atom is 0.416 e. The van der Waals surface area contributed by atoms with Crippen LogP contribution in [0.15, 0.2) is 24.3 Å². The van der Waals surface area contributed by atoms with Crippen LogP contribution in [0.3, 0.4) is 0 Å². The fraction of sp³-hybridized carbons (Fsp3) is 0.632. The number of rotatable bonds is 8. The molecule has 1 aromatic rings. The van der Waals surface area contributed by atoms with Crippen molar-refractivity contribution in [2.24, 2.45) is 11.8 Å². The summed E-state index contributed by atoms with van der Waals surface area (Å²) in [7, 11) is 0. The molecule has 3 unspecified atom stereocenters. The second kappa shape index (κ2) is 11.5. The lowest BCUT2D eigenvalue weighted by Gasteiger charge is -2.28. The number of carbonyl (C=O) groups is 1. The van der Waals surface area contributed by atoms with E-state index in [4.69, 9.17) is 4.74 Å². The molecule has 2 rings (SSSR count). The number of hydrogen-bond donors (Lipinski definition) is 3. The molecule has 28 heavy (non-hydrogen) atoms. The van der Waals surface area contributed by atoms with E-state index in [1.54, 1.807) is 0 Å². The summed E-state index contributed by atoms with van der Waals surface area (Å²) in [5.74, 6) is 0.851. The maximum atomic E-state index is 12.5. The normalized spacial score (nSPS) is 19.2. The Hall–Kier alpha value is -1.51. The van der Waals surface area contributed by atoms with Gasteiger partial charge in [0.1, 0.15) is 18.5 Å². The number of aliphatic hydroxyl groups is 1. The van der Waals surface area contributed by atoms with Crippen molar-refractivity contribution >= 4 is 18.3 Å². The van der Waals surface area contributed by atoms with Crippen LogP contribution in [0.5, 0.6) is 5.75 Å². The maximum absolute atomic E-state index is 12.5. The van der Waals surface area contributed by atoms with Crippen molar-refractivity contribution in [3.05, 3.63) is 29.8 Å². The van der Waals surface area contributed by atoms with Gasteiger partial charge < -0.3 is 20.5 Å². The summed E-state index contributed by atoms with van der Waals surface area (Å²) in [5.41, 5.74) is -0.759. The standard InChI is InChI=1S/C19H27F3N2O3.ClH/c1-13(14-3-2-8-23-10-14)9-18(26)24-11-16(25)12-27-17-6-4-15(5-7-17)19(20,21)22;/h4-7,13-14,16,23,25H,2-3,8-12H2,1H3,(H,24,26);1H. The van der Waals surface area contributed by atoms with Crippen molar-refractivity contribution in [3.63, 3.8) is 0 Å². The molecule has 1 aliphatic heterocycles. The molecule has 0 saturated carbocycles. The summed E-state index contributed by atoms with van der Waals surface area (Å²) in [6.45, 7) is 3.93. The Morgan fingerprint density at radius 1 is 1.36 bits per heavy atom. The third-order valence-electron chi connectivity index (χ3n) is 4.81. The van der Waals surface area contributed by atoms with Crippen LogP contribution in [0.2, 0.25) is 0 Å². The molecular weight excluding hydrogens is 397 g/mol. The monoisotopic (exact) mass is 424 g/mol. The topological polar surface area (TPSA) is 70.6 Å². The first-order chi connectivity index (χ1) is 12.8. The summed E-state index contributed by atoms with van der Waals surface area (Å²) < 4.78 is 42.8.